The van der Waals surface area contributed by atoms with E-state index >= 15 is 0 Å². The number of benzene rings is 1. The highest BCUT2D eigenvalue weighted by Crippen LogP contribution is 2.18. The summed E-state index contributed by atoms with van der Waals surface area (Å²) in [6.07, 6.45) is 3.30. The fourth-order valence-corrected chi connectivity index (χ4v) is 1.82. The summed E-state index contributed by atoms with van der Waals surface area (Å²) in [4.78, 5) is 8.20. The van der Waals surface area contributed by atoms with Crippen LogP contribution in [0.1, 0.15) is 0 Å². The van der Waals surface area contributed by atoms with Gasteiger partial charge in [0.05, 0.1) is 5.52 Å². The van der Waals surface area contributed by atoms with Crippen LogP contribution in [0.2, 0.25) is 0 Å². The first-order valence-corrected chi connectivity index (χ1v) is 4.88. The van der Waals surface area contributed by atoms with E-state index in [1.165, 1.54) is 6.33 Å². The normalized spacial score (nSPS) is 11.2. The Morgan fingerprint density at radius 3 is 3.07 bits per heavy atom. The second-order valence-electron chi connectivity index (χ2n) is 2.93. The molecule has 14 heavy (non-hydrogen) atoms. The zero-order valence-electron chi connectivity index (χ0n) is 7.05. The lowest BCUT2D eigenvalue weighted by molar-refractivity contribution is 0.983. The SMILES string of the molecule is Brc1ccc2c(cnc3ncnn32)c1. The first kappa shape index (κ1) is 7.87. The van der Waals surface area contributed by atoms with Crippen molar-refractivity contribution in [3.05, 3.63) is 35.2 Å². The van der Waals surface area contributed by atoms with Crippen LogP contribution in [-0.2, 0) is 0 Å². The molecule has 4 nitrogen and oxygen atoms in total. The van der Waals surface area contributed by atoms with Crippen LogP contribution in [-0.4, -0.2) is 19.6 Å². The molecule has 0 atom stereocenters. The van der Waals surface area contributed by atoms with Crippen molar-refractivity contribution in [3.8, 4) is 0 Å². The van der Waals surface area contributed by atoms with Gasteiger partial charge in [0.25, 0.3) is 5.78 Å². The molecule has 0 aliphatic rings. The van der Waals surface area contributed by atoms with Crippen LogP contribution in [0.15, 0.2) is 35.2 Å². The van der Waals surface area contributed by atoms with Gasteiger partial charge in [0, 0.05) is 16.1 Å². The number of nitrogens with zero attached hydrogens (tertiary/aromatic N) is 4. The van der Waals surface area contributed by atoms with Crippen molar-refractivity contribution >= 4 is 32.6 Å². The lowest BCUT2D eigenvalue weighted by atomic mass is 10.2. The van der Waals surface area contributed by atoms with E-state index in [2.05, 4.69) is 31.0 Å². The molecular weight excluding hydrogens is 244 g/mol. The monoisotopic (exact) mass is 248 g/mol. The van der Waals surface area contributed by atoms with Crippen molar-refractivity contribution in [3.63, 3.8) is 0 Å². The van der Waals surface area contributed by atoms with E-state index in [0.717, 1.165) is 15.4 Å². The average molecular weight is 249 g/mol. The molecule has 68 valence electrons. The predicted molar refractivity (Wildman–Crippen MR) is 56.0 cm³/mol. The quantitative estimate of drug-likeness (QED) is 0.612. The van der Waals surface area contributed by atoms with Gasteiger partial charge in [-0.25, -0.2) is 4.98 Å². The van der Waals surface area contributed by atoms with E-state index in [1.54, 1.807) is 10.7 Å². The predicted octanol–water partition coefficient (Wildman–Crippen LogP) is 2.04. The molecular formula is C9H5BrN4. The minimum Gasteiger partial charge on any atom is -0.219 e. The highest BCUT2D eigenvalue weighted by Gasteiger charge is 2.02. The van der Waals surface area contributed by atoms with E-state index in [9.17, 15) is 0 Å². The molecule has 3 aromatic rings. The molecule has 2 aromatic heterocycles. The Balaban J connectivity index is 2.57. The molecule has 0 N–H and O–H groups in total. The highest BCUT2D eigenvalue weighted by molar-refractivity contribution is 9.10. The second kappa shape index (κ2) is 2.75. The molecule has 3 rings (SSSR count). The molecule has 0 amide bonds. The summed E-state index contributed by atoms with van der Waals surface area (Å²) in [6, 6.07) is 5.97. The number of aromatic nitrogens is 4. The van der Waals surface area contributed by atoms with Crippen LogP contribution in [0, 0.1) is 0 Å². The Kier molecular flexibility index (Phi) is 1.55. The molecule has 0 unspecified atom stereocenters. The third kappa shape index (κ3) is 1.02. The molecule has 5 heteroatoms. The smallest absolute Gasteiger partial charge is 0.219 e. The lowest BCUT2D eigenvalue weighted by Gasteiger charge is -1.99. The first-order chi connectivity index (χ1) is 6.84. The zero-order chi connectivity index (χ0) is 9.54. The van der Waals surface area contributed by atoms with Crippen molar-refractivity contribution in [2.75, 3.05) is 0 Å². The van der Waals surface area contributed by atoms with Gasteiger partial charge in [-0.1, -0.05) is 15.9 Å². The van der Waals surface area contributed by atoms with Crippen molar-refractivity contribution in [1.29, 1.82) is 0 Å². The number of fused-ring (bicyclic) bond motifs is 3. The van der Waals surface area contributed by atoms with Gasteiger partial charge in [-0.3, -0.25) is 0 Å². The van der Waals surface area contributed by atoms with Gasteiger partial charge in [0.2, 0.25) is 0 Å². The van der Waals surface area contributed by atoms with Crippen molar-refractivity contribution in [1.82, 2.24) is 19.6 Å². The standard InChI is InChI=1S/C9H5BrN4/c10-7-1-2-8-6(3-7)4-11-9-12-5-13-14(8)9/h1-5H. The summed E-state index contributed by atoms with van der Waals surface area (Å²) >= 11 is 3.41. The van der Waals surface area contributed by atoms with Crippen molar-refractivity contribution in [2.24, 2.45) is 0 Å². The second-order valence-corrected chi connectivity index (χ2v) is 3.85. The van der Waals surface area contributed by atoms with Crippen LogP contribution in [0.25, 0.3) is 16.7 Å². The van der Waals surface area contributed by atoms with Crippen LogP contribution < -0.4 is 0 Å². The molecule has 0 fully saturated rings. The van der Waals surface area contributed by atoms with E-state index in [1.807, 2.05) is 18.2 Å². The first-order valence-electron chi connectivity index (χ1n) is 4.08. The average Bonchev–Trinajstić information content (AvgIpc) is 2.65. The number of halogens is 1. The van der Waals surface area contributed by atoms with Crippen LogP contribution in [0.4, 0.5) is 0 Å². The molecule has 0 spiro atoms. The van der Waals surface area contributed by atoms with Crippen LogP contribution in [0.5, 0.6) is 0 Å². The summed E-state index contributed by atoms with van der Waals surface area (Å²) in [5.41, 5.74) is 1.01. The van der Waals surface area contributed by atoms with Crippen molar-refractivity contribution in [2.45, 2.75) is 0 Å². The Morgan fingerprint density at radius 2 is 2.14 bits per heavy atom. The Bertz CT molecular complexity index is 616. The van der Waals surface area contributed by atoms with E-state index < -0.39 is 0 Å². The van der Waals surface area contributed by atoms with Gasteiger partial charge in [-0.2, -0.15) is 14.6 Å². The summed E-state index contributed by atoms with van der Waals surface area (Å²) in [6.45, 7) is 0. The van der Waals surface area contributed by atoms with Gasteiger partial charge >= 0.3 is 0 Å². The maximum Gasteiger partial charge on any atom is 0.252 e. The molecule has 1 aromatic carbocycles. The van der Waals surface area contributed by atoms with Gasteiger partial charge in [-0.15, -0.1) is 0 Å². The van der Waals surface area contributed by atoms with Gasteiger partial charge in [0.1, 0.15) is 6.33 Å². The topological polar surface area (TPSA) is 43.1 Å². The largest absolute Gasteiger partial charge is 0.252 e. The number of hydrogen-bond acceptors (Lipinski definition) is 3. The van der Waals surface area contributed by atoms with Crippen LogP contribution in [0.3, 0.4) is 0 Å². The Hall–Kier alpha value is -1.49. The Labute approximate surface area is 87.7 Å². The van der Waals surface area contributed by atoms with Crippen LogP contribution >= 0.6 is 15.9 Å². The highest BCUT2D eigenvalue weighted by atomic mass is 79.9. The van der Waals surface area contributed by atoms with E-state index in [4.69, 9.17) is 0 Å². The molecule has 2 heterocycles. The molecule has 0 saturated carbocycles. The fraction of sp³-hybridized carbons (Fsp3) is 0. The van der Waals surface area contributed by atoms with Gasteiger partial charge in [-0.05, 0) is 18.2 Å². The molecule has 0 saturated heterocycles. The lowest BCUT2D eigenvalue weighted by Crippen LogP contribution is -1.92. The maximum atomic E-state index is 4.18. The van der Waals surface area contributed by atoms with E-state index in [-0.39, 0.29) is 0 Å². The third-order valence-corrected chi connectivity index (χ3v) is 2.56. The number of rotatable bonds is 0. The summed E-state index contributed by atoms with van der Waals surface area (Å²) < 4.78 is 2.76. The molecule has 0 aliphatic heterocycles. The fourth-order valence-electron chi connectivity index (χ4n) is 1.44. The third-order valence-electron chi connectivity index (χ3n) is 2.07. The maximum absolute atomic E-state index is 4.18. The molecule has 0 aliphatic carbocycles. The zero-order valence-corrected chi connectivity index (χ0v) is 8.64. The summed E-state index contributed by atoms with van der Waals surface area (Å²) in [5, 5.41) is 5.14. The minimum absolute atomic E-state index is 0.625. The van der Waals surface area contributed by atoms with Crippen molar-refractivity contribution < 1.29 is 0 Å². The molecule has 0 bridgehead atoms. The van der Waals surface area contributed by atoms with E-state index in [0.29, 0.717) is 5.78 Å². The summed E-state index contributed by atoms with van der Waals surface area (Å²) in [5.74, 6) is 0.625. The molecule has 0 radical (unpaired) electrons. The van der Waals surface area contributed by atoms with Gasteiger partial charge < -0.3 is 0 Å². The minimum atomic E-state index is 0.625. The van der Waals surface area contributed by atoms with Gasteiger partial charge in [0.15, 0.2) is 0 Å². The Morgan fingerprint density at radius 1 is 1.21 bits per heavy atom. The number of hydrogen-bond donors (Lipinski definition) is 0. The summed E-state index contributed by atoms with van der Waals surface area (Å²) in [7, 11) is 0.